The minimum atomic E-state index is 0.655. The molecule has 0 bridgehead atoms. The minimum absolute atomic E-state index is 0.655. The molecule has 3 nitrogen and oxygen atoms in total. The van der Waals surface area contributed by atoms with E-state index in [0.29, 0.717) is 5.92 Å². The Kier molecular flexibility index (Phi) is 2.53. The number of imidazole rings is 1. The summed E-state index contributed by atoms with van der Waals surface area (Å²) in [7, 11) is 0. The number of hydrogen-bond acceptors (Lipinski definition) is 3. The van der Waals surface area contributed by atoms with E-state index in [9.17, 15) is 0 Å². The van der Waals surface area contributed by atoms with Crippen LogP contribution in [-0.2, 0) is 6.54 Å². The van der Waals surface area contributed by atoms with Gasteiger partial charge < -0.3 is 9.88 Å². The Labute approximate surface area is 99.1 Å². The van der Waals surface area contributed by atoms with Crippen molar-refractivity contribution in [1.82, 2.24) is 14.9 Å². The van der Waals surface area contributed by atoms with Crippen LogP contribution in [0, 0.1) is 6.92 Å². The number of aryl methyl sites for hydroxylation is 1. The normalized spacial score (nSPS) is 16.3. The lowest BCUT2D eigenvalue weighted by Gasteiger charge is -2.27. The van der Waals surface area contributed by atoms with Gasteiger partial charge in [-0.1, -0.05) is 0 Å². The third-order valence-electron chi connectivity index (χ3n) is 3.23. The van der Waals surface area contributed by atoms with Crippen LogP contribution < -0.4 is 5.32 Å². The lowest BCUT2D eigenvalue weighted by molar-refractivity contribution is 0.427. The number of rotatable bonds is 3. The van der Waals surface area contributed by atoms with Crippen LogP contribution in [0.4, 0.5) is 0 Å². The zero-order valence-electron chi connectivity index (χ0n) is 9.31. The van der Waals surface area contributed by atoms with E-state index in [-0.39, 0.29) is 0 Å². The first-order chi connectivity index (χ1) is 7.84. The Morgan fingerprint density at radius 2 is 2.44 bits per heavy atom. The summed E-state index contributed by atoms with van der Waals surface area (Å²) in [6.45, 7) is 5.33. The lowest BCUT2D eigenvalue weighted by atomic mass is 10.00. The molecule has 1 aliphatic heterocycles. The molecule has 1 aliphatic rings. The number of nitrogens with one attached hydrogen (secondary N) is 1. The second-order valence-corrected chi connectivity index (χ2v) is 5.33. The molecule has 0 saturated carbocycles. The number of aromatic nitrogens is 2. The molecular formula is C12H15N3S. The van der Waals surface area contributed by atoms with Crippen molar-refractivity contribution in [3.8, 4) is 0 Å². The van der Waals surface area contributed by atoms with Gasteiger partial charge >= 0.3 is 0 Å². The molecule has 1 N–H and O–H groups in total. The van der Waals surface area contributed by atoms with Gasteiger partial charge in [0.15, 0.2) is 0 Å². The van der Waals surface area contributed by atoms with Crippen molar-refractivity contribution in [2.75, 3.05) is 13.1 Å². The van der Waals surface area contributed by atoms with Gasteiger partial charge in [0.05, 0.1) is 12.9 Å². The fourth-order valence-electron chi connectivity index (χ4n) is 2.02. The van der Waals surface area contributed by atoms with Crippen LogP contribution in [0.5, 0.6) is 0 Å². The van der Waals surface area contributed by atoms with Gasteiger partial charge in [0.2, 0.25) is 0 Å². The maximum Gasteiger partial charge on any atom is 0.0951 e. The molecular weight excluding hydrogens is 218 g/mol. The van der Waals surface area contributed by atoms with Crippen molar-refractivity contribution in [2.24, 2.45) is 0 Å². The predicted octanol–water partition coefficient (Wildman–Crippen LogP) is 1.99. The highest BCUT2D eigenvalue weighted by atomic mass is 32.1. The van der Waals surface area contributed by atoms with Crippen molar-refractivity contribution in [1.29, 1.82) is 0 Å². The van der Waals surface area contributed by atoms with Gasteiger partial charge in [-0.15, -0.1) is 11.3 Å². The Morgan fingerprint density at radius 3 is 3.06 bits per heavy atom. The first-order valence-electron chi connectivity index (χ1n) is 5.58. The zero-order valence-corrected chi connectivity index (χ0v) is 10.1. The molecule has 3 heterocycles. The number of nitrogens with zero attached hydrogens (tertiary/aromatic N) is 2. The van der Waals surface area contributed by atoms with Crippen LogP contribution in [0.2, 0.25) is 0 Å². The highest BCUT2D eigenvalue weighted by Gasteiger charge is 2.22. The molecule has 0 aromatic carbocycles. The third kappa shape index (κ3) is 1.68. The Bertz CT molecular complexity index is 482. The Morgan fingerprint density at radius 1 is 1.56 bits per heavy atom. The van der Waals surface area contributed by atoms with E-state index in [0.717, 1.165) is 19.6 Å². The molecule has 0 unspecified atom stereocenters. The summed E-state index contributed by atoms with van der Waals surface area (Å²) in [5, 5.41) is 5.47. The maximum absolute atomic E-state index is 4.28. The Hall–Kier alpha value is -1.13. The maximum atomic E-state index is 4.28. The van der Waals surface area contributed by atoms with E-state index >= 15 is 0 Å². The molecule has 0 amide bonds. The van der Waals surface area contributed by atoms with Crippen molar-refractivity contribution in [3.63, 3.8) is 0 Å². The fourth-order valence-corrected chi connectivity index (χ4v) is 2.93. The summed E-state index contributed by atoms with van der Waals surface area (Å²) in [6.07, 6.45) is 3.96. The van der Waals surface area contributed by atoms with E-state index in [1.165, 1.54) is 16.1 Å². The SMILES string of the molecule is Cc1ccsc1Cn1cncc1C1CNC1. The average Bonchev–Trinajstić information content (AvgIpc) is 2.76. The largest absolute Gasteiger partial charge is 0.329 e. The van der Waals surface area contributed by atoms with Gasteiger partial charge in [0.1, 0.15) is 0 Å². The van der Waals surface area contributed by atoms with Gasteiger partial charge in [-0.2, -0.15) is 0 Å². The molecule has 4 heteroatoms. The molecule has 3 rings (SSSR count). The van der Waals surface area contributed by atoms with Crippen molar-refractivity contribution < 1.29 is 0 Å². The summed E-state index contributed by atoms with van der Waals surface area (Å²) in [6, 6.07) is 2.18. The quantitative estimate of drug-likeness (QED) is 0.878. The molecule has 0 spiro atoms. The standard InChI is InChI=1S/C12H15N3S/c1-9-2-3-16-12(9)7-15-8-14-6-11(15)10-4-13-5-10/h2-3,6,8,10,13H,4-5,7H2,1H3. The summed E-state index contributed by atoms with van der Waals surface area (Å²) < 4.78 is 2.28. The Balaban J connectivity index is 1.84. The third-order valence-corrected chi connectivity index (χ3v) is 4.23. The van der Waals surface area contributed by atoms with Gasteiger partial charge in [-0.25, -0.2) is 4.98 Å². The van der Waals surface area contributed by atoms with Crippen molar-refractivity contribution in [3.05, 3.63) is 40.1 Å². The summed E-state index contributed by atoms with van der Waals surface area (Å²) in [4.78, 5) is 5.71. The molecule has 16 heavy (non-hydrogen) atoms. The first kappa shape index (κ1) is 10.1. The monoisotopic (exact) mass is 233 g/mol. The van der Waals surface area contributed by atoms with E-state index in [1.807, 2.05) is 23.9 Å². The van der Waals surface area contributed by atoms with Crippen molar-refractivity contribution >= 4 is 11.3 Å². The van der Waals surface area contributed by atoms with Crippen LogP contribution >= 0.6 is 11.3 Å². The van der Waals surface area contributed by atoms with E-state index < -0.39 is 0 Å². The number of thiophene rings is 1. The van der Waals surface area contributed by atoms with Gasteiger partial charge in [-0.05, 0) is 23.9 Å². The smallest absolute Gasteiger partial charge is 0.0951 e. The molecule has 1 fully saturated rings. The van der Waals surface area contributed by atoms with Crippen LogP contribution in [-0.4, -0.2) is 22.6 Å². The highest BCUT2D eigenvalue weighted by Crippen LogP contribution is 2.22. The first-order valence-corrected chi connectivity index (χ1v) is 6.46. The molecule has 1 saturated heterocycles. The minimum Gasteiger partial charge on any atom is -0.329 e. The lowest BCUT2D eigenvalue weighted by Crippen LogP contribution is -2.40. The summed E-state index contributed by atoms with van der Waals surface area (Å²) in [5.41, 5.74) is 2.75. The fraction of sp³-hybridized carbons (Fsp3) is 0.417. The second-order valence-electron chi connectivity index (χ2n) is 4.33. The molecule has 0 radical (unpaired) electrons. The molecule has 84 valence electrons. The second kappa shape index (κ2) is 4.03. The topological polar surface area (TPSA) is 29.9 Å². The van der Waals surface area contributed by atoms with Crippen LogP contribution in [0.15, 0.2) is 24.0 Å². The van der Waals surface area contributed by atoms with Gasteiger partial charge in [-0.3, -0.25) is 0 Å². The zero-order chi connectivity index (χ0) is 11.0. The predicted molar refractivity (Wildman–Crippen MR) is 66.0 cm³/mol. The summed E-state index contributed by atoms with van der Waals surface area (Å²) in [5.74, 6) is 0.655. The van der Waals surface area contributed by atoms with Crippen LogP contribution in [0.3, 0.4) is 0 Å². The molecule has 0 atom stereocenters. The average molecular weight is 233 g/mol. The highest BCUT2D eigenvalue weighted by molar-refractivity contribution is 7.10. The molecule has 2 aromatic rings. The molecule has 2 aromatic heterocycles. The number of hydrogen-bond donors (Lipinski definition) is 1. The summed E-state index contributed by atoms with van der Waals surface area (Å²) >= 11 is 1.83. The molecule has 0 aliphatic carbocycles. The van der Waals surface area contributed by atoms with E-state index in [2.05, 4.69) is 33.2 Å². The van der Waals surface area contributed by atoms with Gasteiger partial charge in [0.25, 0.3) is 0 Å². The van der Waals surface area contributed by atoms with E-state index in [1.54, 1.807) is 0 Å². The van der Waals surface area contributed by atoms with E-state index in [4.69, 9.17) is 0 Å². The van der Waals surface area contributed by atoms with Crippen LogP contribution in [0.1, 0.15) is 22.1 Å². The van der Waals surface area contributed by atoms with Gasteiger partial charge in [0, 0.05) is 35.8 Å². The van der Waals surface area contributed by atoms with Crippen LogP contribution in [0.25, 0.3) is 0 Å². The van der Waals surface area contributed by atoms with Crippen molar-refractivity contribution in [2.45, 2.75) is 19.4 Å².